The summed E-state index contributed by atoms with van der Waals surface area (Å²) in [5.41, 5.74) is 11.2. The molecule has 0 spiro atoms. The Balaban J connectivity index is 1.37. The quantitative estimate of drug-likeness (QED) is 0.136. The van der Waals surface area contributed by atoms with Crippen molar-refractivity contribution in [3.05, 3.63) is 231 Å². The van der Waals surface area contributed by atoms with Crippen LogP contribution in [-0.4, -0.2) is 19.9 Å². The van der Waals surface area contributed by atoms with Crippen LogP contribution in [0.1, 0.15) is 95.5 Å². The Morgan fingerprint density at radius 2 is 0.393 bits per heavy atom. The molecule has 0 radical (unpaired) electrons. The van der Waals surface area contributed by atoms with Crippen molar-refractivity contribution in [3.63, 3.8) is 0 Å². The molecule has 4 nitrogen and oxygen atoms in total. The summed E-state index contributed by atoms with van der Waals surface area (Å²) >= 11 is 14.8. The molecule has 0 fully saturated rings. The maximum atomic E-state index is 4.04. The van der Waals surface area contributed by atoms with E-state index in [1.54, 1.807) is 0 Å². The van der Waals surface area contributed by atoms with Gasteiger partial charge < -0.3 is 19.9 Å². The molecule has 0 saturated heterocycles. The van der Waals surface area contributed by atoms with Gasteiger partial charge in [0.2, 0.25) is 0 Å². The lowest BCUT2D eigenvalue weighted by molar-refractivity contribution is 0.588. The minimum absolute atomic E-state index is 0.558. The van der Waals surface area contributed by atoms with Crippen molar-refractivity contribution in [1.29, 1.82) is 0 Å². The predicted octanol–water partition coefficient (Wildman–Crippen LogP) is 13.8. The number of aromatic amines is 4. The van der Waals surface area contributed by atoms with E-state index in [4.69, 9.17) is 0 Å². The first-order valence-corrected chi connectivity index (χ1v) is 21.9. The molecule has 8 aromatic rings. The molecule has 1 aliphatic heterocycles. The number of benzene rings is 4. The molecule has 9 rings (SSSR count). The Kier molecular flexibility index (Phi) is 9.23. The second-order valence-corrected chi connectivity index (χ2v) is 19.3. The van der Waals surface area contributed by atoms with E-state index in [2.05, 4.69) is 257 Å². The molecule has 1 aliphatic rings. The summed E-state index contributed by atoms with van der Waals surface area (Å²) in [4.78, 5) is 16.2. The van der Waals surface area contributed by atoms with Crippen LogP contribution < -0.4 is 0 Å². The van der Waals surface area contributed by atoms with Crippen LogP contribution in [0.3, 0.4) is 0 Å². The number of rotatable bonds is 4. The van der Waals surface area contributed by atoms with E-state index in [-0.39, 0.29) is 0 Å². The minimum atomic E-state index is -0.558. The first-order chi connectivity index (χ1) is 26.8. The molecule has 0 unspecified atom stereocenters. The van der Waals surface area contributed by atoms with Gasteiger partial charge in [0.15, 0.2) is 0 Å². The van der Waals surface area contributed by atoms with Crippen LogP contribution in [-0.2, 0) is 21.7 Å². The molecule has 0 saturated carbocycles. The smallest absolute Gasteiger partial charge is 0.0723 e. The maximum absolute atomic E-state index is 4.04. The third kappa shape index (κ3) is 5.77. The van der Waals surface area contributed by atoms with Gasteiger partial charge in [-0.3, -0.25) is 0 Å². The summed E-state index contributed by atoms with van der Waals surface area (Å²) in [6, 6.07) is 53.0. The third-order valence-corrected chi connectivity index (χ3v) is 14.9. The molecular weight excluding hydrogens is 952 g/mol. The van der Waals surface area contributed by atoms with Gasteiger partial charge in [-0.05, 0) is 147 Å². The fraction of sp³-hybridized carbons (Fsp3) is 0.167. The van der Waals surface area contributed by atoms with Gasteiger partial charge in [-0.1, -0.05) is 112 Å². The largest absolute Gasteiger partial charge is 0.360 e. The normalized spacial score (nSPS) is 23.3. The molecule has 280 valence electrons. The average molecular weight is 992 g/mol. The Morgan fingerprint density at radius 3 is 0.536 bits per heavy atom. The lowest BCUT2D eigenvalue weighted by Gasteiger charge is -2.34. The Bertz CT molecular complexity index is 2230. The van der Waals surface area contributed by atoms with Crippen LogP contribution in [0.4, 0.5) is 0 Å². The standard InChI is InChI=1S/C48H40Br4N4/c1-45(29-5-13-33(49)14-6-29)37-21-23-39(53-37)46(2,30-7-15-34(50)16-8-30)41-25-27-43(55-41)48(4,32-11-19-36(52)20-12-32)44-28-26-42(56-44)47(3,40-24-22-38(45)54-40)31-9-17-35(51)18-10-31/h5-28,53-56H,1-4H3. The molecule has 0 atom stereocenters. The molecule has 0 aliphatic carbocycles. The molecule has 4 aromatic heterocycles. The lowest BCUT2D eigenvalue weighted by Crippen LogP contribution is -2.32. The third-order valence-electron chi connectivity index (χ3n) is 12.7. The van der Waals surface area contributed by atoms with Gasteiger partial charge in [-0.25, -0.2) is 0 Å². The SMILES string of the molecule is CC1(c2ccc(Br)cc2)c2ccc([nH]2)C(C)(c2ccc(Br)cc2)c2ccc([nH]2)C(C)(c2ccc(Br)cc2)c2ccc([nH]2)C(C)(c2ccc(Br)cc2)c2ccc1[nH]2. The van der Waals surface area contributed by atoms with Gasteiger partial charge in [0.1, 0.15) is 0 Å². The van der Waals surface area contributed by atoms with Crippen molar-refractivity contribution >= 4 is 63.7 Å². The second kappa shape index (κ2) is 13.8. The highest BCUT2D eigenvalue weighted by atomic mass is 79.9. The number of aromatic nitrogens is 4. The number of H-pyrrole nitrogens is 4. The van der Waals surface area contributed by atoms with E-state index in [9.17, 15) is 0 Å². The predicted molar refractivity (Wildman–Crippen MR) is 242 cm³/mol. The average Bonchev–Trinajstić information content (AvgIpc) is 4.05. The Hall–Kier alpha value is -4.08. The number of hydrogen-bond donors (Lipinski definition) is 4. The van der Waals surface area contributed by atoms with Crippen molar-refractivity contribution in [2.45, 2.75) is 49.4 Å². The highest BCUT2D eigenvalue weighted by molar-refractivity contribution is 9.11. The topological polar surface area (TPSA) is 63.2 Å². The van der Waals surface area contributed by atoms with Crippen molar-refractivity contribution < 1.29 is 0 Å². The summed E-state index contributed by atoms with van der Waals surface area (Å²) < 4.78 is 4.18. The van der Waals surface area contributed by atoms with Crippen LogP contribution in [0.5, 0.6) is 0 Å². The van der Waals surface area contributed by atoms with Crippen LogP contribution >= 0.6 is 63.7 Å². The molecular formula is C48H40Br4N4. The van der Waals surface area contributed by atoms with Crippen LogP contribution in [0, 0.1) is 0 Å². The molecule has 0 amide bonds. The Labute approximate surface area is 361 Å². The molecule has 5 heterocycles. The van der Waals surface area contributed by atoms with Gasteiger partial charge in [0.25, 0.3) is 0 Å². The molecule has 8 heteroatoms. The number of nitrogens with one attached hydrogen (secondary N) is 4. The van der Waals surface area contributed by atoms with Crippen LogP contribution in [0.25, 0.3) is 0 Å². The highest BCUT2D eigenvalue weighted by Crippen LogP contribution is 2.48. The zero-order valence-corrected chi connectivity index (χ0v) is 37.7. The second-order valence-electron chi connectivity index (χ2n) is 15.7. The van der Waals surface area contributed by atoms with Gasteiger partial charge in [-0.15, -0.1) is 0 Å². The van der Waals surface area contributed by atoms with Crippen LogP contribution in [0.2, 0.25) is 0 Å². The number of hydrogen-bond acceptors (Lipinski definition) is 0. The van der Waals surface area contributed by atoms with E-state index < -0.39 is 21.7 Å². The molecule has 56 heavy (non-hydrogen) atoms. The summed E-state index contributed by atoms with van der Waals surface area (Å²) in [6.45, 7) is 9.28. The Morgan fingerprint density at radius 1 is 0.250 bits per heavy atom. The first-order valence-electron chi connectivity index (χ1n) is 18.7. The van der Waals surface area contributed by atoms with Crippen LogP contribution in [0.15, 0.2) is 163 Å². The lowest BCUT2D eigenvalue weighted by atomic mass is 9.76. The van der Waals surface area contributed by atoms with Crippen molar-refractivity contribution in [2.75, 3.05) is 0 Å². The van der Waals surface area contributed by atoms with Crippen molar-refractivity contribution in [3.8, 4) is 0 Å². The van der Waals surface area contributed by atoms with Gasteiger partial charge in [-0.2, -0.15) is 0 Å². The van der Waals surface area contributed by atoms with Crippen molar-refractivity contribution in [2.24, 2.45) is 0 Å². The maximum Gasteiger partial charge on any atom is 0.0723 e. The van der Waals surface area contributed by atoms with E-state index in [1.165, 1.54) is 22.3 Å². The van der Waals surface area contributed by atoms with Gasteiger partial charge in [0, 0.05) is 63.4 Å². The number of fused-ring (bicyclic) bond motifs is 8. The monoisotopic (exact) mass is 988 g/mol. The number of halogens is 4. The van der Waals surface area contributed by atoms with E-state index in [0.29, 0.717) is 0 Å². The summed E-state index contributed by atoms with van der Waals surface area (Å²) in [6.07, 6.45) is 0. The van der Waals surface area contributed by atoms with E-state index >= 15 is 0 Å². The summed E-state index contributed by atoms with van der Waals surface area (Å²) in [5, 5.41) is 0. The zero-order valence-electron chi connectivity index (χ0n) is 31.4. The molecule has 4 N–H and O–H groups in total. The molecule has 8 bridgehead atoms. The fourth-order valence-corrected chi connectivity index (χ4v) is 9.93. The zero-order chi connectivity index (χ0) is 39.0. The van der Waals surface area contributed by atoms with Crippen molar-refractivity contribution in [1.82, 2.24) is 19.9 Å². The summed E-state index contributed by atoms with van der Waals surface area (Å²) in [5.74, 6) is 0. The fourth-order valence-electron chi connectivity index (χ4n) is 8.87. The van der Waals surface area contributed by atoms with E-state index in [0.717, 1.165) is 63.4 Å². The minimum Gasteiger partial charge on any atom is -0.360 e. The highest BCUT2D eigenvalue weighted by Gasteiger charge is 2.43. The molecule has 4 aromatic carbocycles. The summed E-state index contributed by atoms with van der Waals surface area (Å²) in [7, 11) is 0. The van der Waals surface area contributed by atoms with Gasteiger partial charge >= 0.3 is 0 Å². The van der Waals surface area contributed by atoms with Gasteiger partial charge in [0.05, 0.1) is 21.7 Å². The van der Waals surface area contributed by atoms with E-state index in [1.807, 2.05) is 0 Å². The first kappa shape index (κ1) is 37.5.